The first-order valence-electron chi connectivity index (χ1n) is 8.22. The van der Waals surface area contributed by atoms with E-state index in [-0.39, 0.29) is 24.9 Å². The van der Waals surface area contributed by atoms with Crippen LogP contribution in [0, 0.1) is 16.7 Å². The molecule has 0 aliphatic carbocycles. The first-order chi connectivity index (χ1) is 13.9. The minimum Gasteiger partial charge on any atom is -0.380 e. The summed E-state index contributed by atoms with van der Waals surface area (Å²) in [6.07, 6.45) is 3.81. The number of primary amides is 1. The number of nitrogens with one attached hydrogen (secondary N) is 4. The highest BCUT2D eigenvalue weighted by molar-refractivity contribution is 6.32. The van der Waals surface area contributed by atoms with Crippen LogP contribution in [-0.2, 0) is 4.79 Å². The highest BCUT2D eigenvalue weighted by Crippen LogP contribution is 2.26. The van der Waals surface area contributed by atoms with E-state index in [2.05, 4.69) is 25.9 Å². The van der Waals surface area contributed by atoms with E-state index in [0.717, 1.165) is 6.21 Å². The molecular formula is C18H17ClN8O2. The molecule has 2 aromatic rings. The van der Waals surface area contributed by atoms with Gasteiger partial charge in [0.2, 0.25) is 11.9 Å². The fourth-order valence-corrected chi connectivity index (χ4v) is 2.34. The van der Waals surface area contributed by atoms with E-state index in [1.165, 1.54) is 12.4 Å². The number of hydrogen-bond donors (Lipinski definition) is 5. The van der Waals surface area contributed by atoms with Crippen LogP contribution in [0.25, 0.3) is 11.3 Å². The highest BCUT2D eigenvalue weighted by Gasteiger charge is 2.11. The summed E-state index contributed by atoms with van der Waals surface area (Å²) in [6.45, 7) is -0.162. The number of amides is 2. The monoisotopic (exact) mass is 412 g/mol. The molecule has 6 N–H and O–H groups in total. The van der Waals surface area contributed by atoms with E-state index in [1.54, 1.807) is 24.3 Å². The average Bonchev–Trinajstić information content (AvgIpc) is 2.72. The topological polar surface area (TPSA) is 170 Å². The summed E-state index contributed by atoms with van der Waals surface area (Å²) < 4.78 is 0. The lowest BCUT2D eigenvalue weighted by Crippen LogP contribution is -2.25. The van der Waals surface area contributed by atoms with Gasteiger partial charge in [0.05, 0.1) is 35.2 Å². The van der Waals surface area contributed by atoms with Crippen molar-refractivity contribution in [2.24, 2.45) is 5.73 Å². The van der Waals surface area contributed by atoms with Gasteiger partial charge in [0, 0.05) is 23.5 Å². The number of hydrogen-bond acceptors (Lipinski definition) is 8. The van der Waals surface area contributed by atoms with Crippen molar-refractivity contribution in [2.75, 3.05) is 18.4 Å². The van der Waals surface area contributed by atoms with Crippen molar-refractivity contribution >= 4 is 35.6 Å². The van der Waals surface area contributed by atoms with Crippen molar-refractivity contribution in [3.05, 3.63) is 52.9 Å². The summed E-state index contributed by atoms with van der Waals surface area (Å²) in [7, 11) is 0. The minimum absolute atomic E-state index is 0.0789. The molecule has 148 valence electrons. The minimum atomic E-state index is -0.541. The van der Waals surface area contributed by atoms with Gasteiger partial charge in [-0.1, -0.05) is 23.7 Å². The maximum absolute atomic E-state index is 11.9. The predicted molar refractivity (Wildman–Crippen MR) is 108 cm³/mol. The van der Waals surface area contributed by atoms with Crippen molar-refractivity contribution in [3.63, 3.8) is 0 Å². The summed E-state index contributed by atoms with van der Waals surface area (Å²) >= 11 is 6.20. The largest absolute Gasteiger partial charge is 0.380 e. The van der Waals surface area contributed by atoms with Crippen LogP contribution in [0.5, 0.6) is 0 Å². The molecule has 0 bridgehead atoms. The Morgan fingerprint density at radius 1 is 1.31 bits per heavy atom. The molecule has 0 saturated heterocycles. The molecule has 0 atom stereocenters. The maximum Gasteiger partial charge on any atom is 0.252 e. The van der Waals surface area contributed by atoms with Crippen LogP contribution in [0.15, 0.2) is 42.4 Å². The van der Waals surface area contributed by atoms with Crippen molar-refractivity contribution in [3.8, 4) is 17.3 Å². The van der Waals surface area contributed by atoms with E-state index in [4.69, 9.17) is 28.0 Å². The molecule has 0 aliphatic heterocycles. The third-order valence-electron chi connectivity index (χ3n) is 3.44. The van der Waals surface area contributed by atoms with E-state index >= 15 is 0 Å². The number of nitriles is 1. The average molecular weight is 413 g/mol. The lowest BCUT2D eigenvalue weighted by molar-refractivity contribution is -0.117. The third kappa shape index (κ3) is 6.30. The Kier molecular flexibility index (Phi) is 7.64. The molecule has 10 nitrogen and oxygen atoms in total. The van der Waals surface area contributed by atoms with Gasteiger partial charge in [-0.15, -0.1) is 0 Å². The van der Waals surface area contributed by atoms with Gasteiger partial charge in [-0.25, -0.2) is 9.97 Å². The van der Waals surface area contributed by atoms with E-state index in [0.29, 0.717) is 27.5 Å². The zero-order valence-electron chi connectivity index (χ0n) is 15.1. The van der Waals surface area contributed by atoms with Crippen LogP contribution in [0.4, 0.5) is 5.95 Å². The number of carbonyl (C=O) groups is 2. The zero-order valence-corrected chi connectivity index (χ0v) is 15.8. The van der Waals surface area contributed by atoms with Gasteiger partial charge in [0.1, 0.15) is 6.54 Å². The summed E-state index contributed by atoms with van der Waals surface area (Å²) in [4.78, 5) is 31.0. The van der Waals surface area contributed by atoms with Crippen LogP contribution in [0.3, 0.4) is 0 Å². The van der Waals surface area contributed by atoms with Gasteiger partial charge >= 0.3 is 0 Å². The van der Waals surface area contributed by atoms with Crippen LogP contribution in [0.1, 0.15) is 10.4 Å². The Hall–Kier alpha value is -3.97. The molecule has 1 heterocycles. The molecule has 1 aromatic heterocycles. The quantitative estimate of drug-likeness (QED) is 0.302. The van der Waals surface area contributed by atoms with Gasteiger partial charge in [0.15, 0.2) is 0 Å². The Morgan fingerprint density at radius 3 is 2.66 bits per heavy atom. The molecule has 2 amide bonds. The van der Waals surface area contributed by atoms with E-state index in [1.807, 2.05) is 6.07 Å². The molecule has 0 saturated carbocycles. The summed E-state index contributed by atoms with van der Waals surface area (Å²) in [5.41, 5.74) is 6.79. The number of nitrogens with zero attached hydrogens (tertiary/aromatic N) is 3. The highest BCUT2D eigenvalue weighted by atomic mass is 35.5. The fourth-order valence-electron chi connectivity index (χ4n) is 2.14. The van der Waals surface area contributed by atoms with E-state index < -0.39 is 5.91 Å². The predicted octanol–water partition coefficient (Wildman–Crippen LogP) is 1.03. The van der Waals surface area contributed by atoms with Crippen LogP contribution >= 0.6 is 11.6 Å². The van der Waals surface area contributed by atoms with Gasteiger partial charge in [-0.2, -0.15) is 5.26 Å². The van der Waals surface area contributed by atoms with Gasteiger partial charge < -0.3 is 27.1 Å². The first kappa shape index (κ1) is 21.3. The molecule has 0 aliphatic rings. The summed E-state index contributed by atoms with van der Waals surface area (Å²) in [6, 6.07) is 8.35. The molecular weight excluding hydrogens is 396 g/mol. The lowest BCUT2D eigenvalue weighted by atomic mass is 10.1. The Balaban J connectivity index is 2.20. The first-order valence-corrected chi connectivity index (χ1v) is 8.60. The number of aromatic nitrogens is 2. The fraction of sp³-hybridized carbons (Fsp3) is 0.111. The number of benzene rings is 1. The number of anilines is 1. The van der Waals surface area contributed by atoms with Gasteiger partial charge in [-0.05, 0) is 12.1 Å². The SMILES string of the molecule is N#CCNC(=O)c1ccc(-c2nc(N/C(C=N)=C/NCC(N)=O)ncc2Cl)cc1. The molecule has 0 spiro atoms. The molecule has 11 heteroatoms. The van der Waals surface area contributed by atoms with Crippen LogP contribution in [-0.4, -0.2) is 41.1 Å². The Morgan fingerprint density at radius 2 is 2.03 bits per heavy atom. The van der Waals surface area contributed by atoms with Crippen LogP contribution in [0.2, 0.25) is 5.02 Å². The normalized spacial score (nSPS) is 10.6. The third-order valence-corrected chi connectivity index (χ3v) is 3.71. The lowest BCUT2D eigenvalue weighted by Gasteiger charge is -2.09. The second-order valence-corrected chi connectivity index (χ2v) is 5.93. The molecule has 0 unspecified atom stereocenters. The molecule has 29 heavy (non-hydrogen) atoms. The van der Waals surface area contributed by atoms with Gasteiger partial charge in [0.25, 0.3) is 5.91 Å². The molecule has 0 radical (unpaired) electrons. The zero-order chi connectivity index (χ0) is 21.2. The van der Waals surface area contributed by atoms with Gasteiger partial charge in [-0.3, -0.25) is 9.59 Å². The second-order valence-electron chi connectivity index (χ2n) is 5.52. The Bertz CT molecular complexity index is 982. The number of carbonyl (C=O) groups excluding carboxylic acids is 2. The number of rotatable bonds is 9. The Labute approximate surface area is 171 Å². The standard InChI is InChI=1S/C18H17ClN8O2/c19-14-9-25-18(26-13(7-21)8-23-10-15(22)28)27-16(14)11-1-3-12(4-2-11)17(29)24-6-5-20/h1-4,7-9,21,23H,6,10H2,(H2,22,28)(H,24,29)(H,25,26,27)/b13-8+,21-7?. The molecule has 2 rings (SSSR count). The number of nitrogens with two attached hydrogens (primary N) is 1. The van der Waals surface area contributed by atoms with Crippen molar-refractivity contribution in [1.82, 2.24) is 20.6 Å². The summed E-state index contributed by atoms with van der Waals surface area (Å²) in [5, 5.41) is 24.2. The van der Waals surface area contributed by atoms with Crippen LogP contribution < -0.4 is 21.7 Å². The second kappa shape index (κ2) is 10.4. The van der Waals surface area contributed by atoms with Crippen molar-refractivity contribution in [2.45, 2.75) is 0 Å². The summed E-state index contributed by atoms with van der Waals surface area (Å²) in [5.74, 6) is -0.727. The maximum atomic E-state index is 11.9. The smallest absolute Gasteiger partial charge is 0.252 e. The van der Waals surface area contributed by atoms with Crippen molar-refractivity contribution in [1.29, 1.82) is 10.7 Å². The molecule has 0 fully saturated rings. The molecule has 1 aromatic carbocycles. The number of halogens is 1. The van der Waals surface area contributed by atoms with Crippen molar-refractivity contribution < 1.29 is 9.59 Å². The number of allylic oxidation sites excluding steroid dienone is 1. The van der Waals surface area contributed by atoms with E-state index in [9.17, 15) is 9.59 Å².